The van der Waals surface area contributed by atoms with E-state index in [9.17, 15) is 14.4 Å². The number of carbonyl (C=O) groups excluding carboxylic acids is 3. The summed E-state index contributed by atoms with van der Waals surface area (Å²) in [5.74, 6) is -0.831. The van der Waals surface area contributed by atoms with Crippen LogP contribution in [0.25, 0.3) is 10.1 Å². The van der Waals surface area contributed by atoms with E-state index in [0.29, 0.717) is 21.2 Å². The molecule has 1 aliphatic rings. The lowest BCUT2D eigenvalue weighted by atomic mass is 10.2. The number of amides is 3. The van der Waals surface area contributed by atoms with Crippen molar-refractivity contribution >= 4 is 56.4 Å². The van der Waals surface area contributed by atoms with Crippen LogP contribution in [0.3, 0.4) is 0 Å². The van der Waals surface area contributed by atoms with Crippen LogP contribution in [-0.4, -0.2) is 17.7 Å². The minimum Gasteiger partial charge on any atom is -0.326 e. The Morgan fingerprint density at radius 3 is 2.29 bits per heavy atom. The smallest absolute Gasteiger partial charge is 0.281 e. The second-order valence-corrected chi connectivity index (χ2v) is 7.92. The summed E-state index contributed by atoms with van der Waals surface area (Å²) in [6.07, 6.45) is 1.85. The predicted molar refractivity (Wildman–Crippen MR) is 110 cm³/mol. The number of hydrogen-bond acceptors (Lipinski definition) is 4. The lowest BCUT2D eigenvalue weighted by Crippen LogP contribution is -2.41. The molecule has 3 amide bonds. The standard InChI is InChI=1S/C20H16ClN3O3S/c21-16-14-3-1-2-4-15(14)28-17(16)20(27)24-23-19(26)12-7-9-13(10-8-12)22-18(25)11-5-6-11/h1-4,7-11H,5-6H2,(H,22,25)(H,23,26)(H,24,27). The molecule has 0 aliphatic heterocycles. The second kappa shape index (κ2) is 7.61. The summed E-state index contributed by atoms with van der Waals surface area (Å²) in [4.78, 5) is 36.7. The third kappa shape index (κ3) is 3.85. The van der Waals surface area contributed by atoms with Gasteiger partial charge in [0.2, 0.25) is 5.91 Å². The highest BCUT2D eigenvalue weighted by Gasteiger charge is 2.29. The van der Waals surface area contributed by atoms with E-state index in [1.807, 2.05) is 24.3 Å². The molecule has 2 aromatic carbocycles. The molecule has 3 N–H and O–H groups in total. The summed E-state index contributed by atoms with van der Waals surface area (Å²) in [5, 5.41) is 3.97. The summed E-state index contributed by atoms with van der Waals surface area (Å²) in [6, 6.07) is 13.9. The van der Waals surface area contributed by atoms with Gasteiger partial charge in [-0.05, 0) is 43.2 Å². The maximum atomic E-state index is 12.4. The Morgan fingerprint density at radius 2 is 1.61 bits per heavy atom. The van der Waals surface area contributed by atoms with Crippen molar-refractivity contribution in [2.45, 2.75) is 12.8 Å². The highest BCUT2D eigenvalue weighted by atomic mass is 35.5. The average Bonchev–Trinajstić information content (AvgIpc) is 3.51. The Hall–Kier alpha value is -2.90. The molecule has 1 aliphatic carbocycles. The number of nitrogens with one attached hydrogen (secondary N) is 3. The van der Waals surface area contributed by atoms with Crippen molar-refractivity contribution in [2.24, 2.45) is 5.92 Å². The lowest BCUT2D eigenvalue weighted by Gasteiger charge is -2.08. The van der Waals surface area contributed by atoms with Crippen LogP contribution in [-0.2, 0) is 4.79 Å². The highest BCUT2D eigenvalue weighted by molar-refractivity contribution is 7.21. The minimum atomic E-state index is -0.479. The number of thiophene rings is 1. The number of benzene rings is 2. The van der Waals surface area contributed by atoms with Gasteiger partial charge in [-0.1, -0.05) is 29.8 Å². The van der Waals surface area contributed by atoms with Crippen molar-refractivity contribution in [3.63, 3.8) is 0 Å². The molecule has 6 nitrogen and oxygen atoms in total. The third-order valence-electron chi connectivity index (χ3n) is 4.39. The number of carbonyl (C=O) groups is 3. The Balaban J connectivity index is 1.37. The molecule has 1 fully saturated rings. The molecular weight excluding hydrogens is 398 g/mol. The number of hydrazine groups is 1. The predicted octanol–water partition coefficient (Wildman–Crippen LogP) is 3.98. The number of rotatable bonds is 4. The molecule has 28 heavy (non-hydrogen) atoms. The van der Waals surface area contributed by atoms with Gasteiger partial charge in [-0.25, -0.2) is 0 Å². The number of fused-ring (bicyclic) bond motifs is 1. The normalized spacial score (nSPS) is 13.2. The van der Waals surface area contributed by atoms with Gasteiger partial charge >= 0.3 is 0 Å². The molecule has 0 atom stereocenters. The Morgan fingerprint density at radius 1 is 0.929 bits per heavy atom. The molecule has 4 rings (SSSR count). The van der Waals surface area contributed by atoms with Crippen LogP contribution < -0.4 is 16.2 Å². The van der Waals surface area contributed by atoms with Gasteiger partial charge in [0.05, 0.1) is 5.02 Å². The maximum absolute atomic E-state index is 12.4. The van der Waals surface area contributed by atoms with Crippen LogP contribution in [0.4, 0.5) is 5.69 Å². The molecule has 0 bridgehead atoms. The van der Waals surface area contributed by atoms with Gasteiger partial charge in [-0.2, -0.15) is 0 Å². The summed E-state index contributed by atoms with van der Waals surface area (Å²) in [5.41, 5.74) is 5.75. The molecule has 0 radical (unpaired) electrons. The van der Waals surface area contributed by atoms with E-state index in [1.54, 1.807) is 24.3 Å². The van der Waals surface area contributed by atoms with Gasteiger partial charge in [0.15, 0.2) is 0 Å². The molecule has 8 heteroatoms. The molecule has 1 heterocycles. The first-order chi connectivity index (χ1) is 13.5. The van der Waals surface area contributed by atoms with Crippen LogP contribution in [0.15, 0.2) is 48.5 Å². The van der Waals surface area contributed by atoms with E-state index >= 15 is 0 Å². The van der Waals surface area contributed by atoms with Crippen molar-refractivity contribution in [1.82, 2.24) is 10.9 Å². The molecule has 1 saturated carbocycles. The van der Waals surface area contributed by atoms with Crippen LogP contribution in [0.2, 0.25) is 5.02 Å². The Labute approximate surface area is 169 Å². The van der Waals surface area contributed by atoms with Crippen molar-refractivity contribution in [1.29, 1.82) is 0 Å². The van der Waals surface area contributed by atoms with Crippen molar-refractivity contribution < 1.29 is 14.4 Å². The van der Waals surface area contributed by atoms with E-state index in [0.717, 1.165) is 22.9 Å². The van der Waals surface area contributed by atoms with E-state index in [1.165, 1.54) is 11.3 Å². The second-order valence-electron chi connectivity index (χ2n) is 6.49. The Kier molecular flexibility index (Phi) is 5.02. The number of halogens is 1. The minimum absolute atomic E-state index is 0.00433. The average molecular weight is 414 g/mol. The summed E-state index contributed by atoms with van der Waals surface area (Å²) in [6.45, 7) is 0. The summed E-state index contributed by atoms with van der Waals surface area (Å²) in [7, 11) is 0. The van der Waals surface area contributed by atoms with Gasteiger partial charge in [0.25, 0.3) is 11.8 Å². The zero-order valence-corrected chi connectivity index (χ0v) is 16.2. The van der Waals surface area contributed by atoms with E-state index in [2.05, 4.69) is 16.2 Å². The molecular formula is C20H16ClN3O3S. The van der Waals surface area contributed by atoms with Crippen molar-refractivity contribution in [3.8, 4) is 0 Å². The first-order valence-electron chi connectivity index (χ1n) is 8.71. The Bertz CT molecular complexity index is 1070. The fourth-order valence-corrected chi connectivity index (χ4v) is 4.11. The number of hydrogen-bond donors (Lipinski definition) is 3. The van der Waals surface area contributed by atoms with E-state index in [4.69, 9.17) is 11.6 Å². The van der Waals surface area contributed by atoms with Crippen molar-refractivity contribution in [2.75, 3.05) is 5.32 Å². The zero-order valence-electron chi connectivity index (χ0n) is 14.6. The van der Waals surface area contributed by atoms with Gasteiger partial charge in [0.1, 0.15) is 4.88 Å². The van der Waals surface area contributed by atoms with E-state index in [-0.39, 0.29) is 11.8 Å². The van der Waals surface area contributed by atoms with Gasteiger partial charge in [-0.3, -0.25) is 25.2 Å². The van der Waals surface area contributed by atoms with Crippen LogP contribution in [0, 0.1) is 5.92 Å². The van der Waals surface area contributed by atoms with Gasteiger partial charge in [0, 0.05) is 27.3 Å². The first-order valence-corrected chi connectivity index (χ1v) is 9.91. The number of anilines is 1. The first kappa shape index (κ1) is 18.5. The molecule has 0 spiro atoms. The van der Waals surface area contributed by atoms with Crippen LogP contribution in [0.1, 0.15) is 32.9 Å². The van der Waals surface area contributed by atoms with Crippen LogP contribution in [0.5, 0.6) is 0 Å². The SMILES string of the molecule is O=C(NNC(=O)c1sc2ccccc2c1Cl)c1ccc(NC(=O)C2CC2)cc1. The molecule has 1 aromatic heterocycles. The quantitative estimate of drug-likeness (QED) is 0.565. The highest BCUT2D eigenvalue weighted by Crippen LogP contribution is 2.35. The van der Waals surface area contributed by atoms with E-state index < -0.39 is 11.8 Å². The fraction of sp³-hybridized carbons (Fsp3) is 0.150. The monoisotopic (exact) mass is 413 g/mol. The fourth-order valence-electron chi connectivity index (χ4n) is 2.70. The molecule has 0 saturated heterocycles. The molecule has 3 aromatic rings. The van der Waals surface area contributed by atoms with Gasteiger partial charge < -0.3 is 5.32 Å². The topological polar surface area (TPSA) is 87.3 Å². The molecule has 142 valence electrons. The van der Waals surface area contributed by atoms with Crippen molar-refractivity contribution in [3.05, 3.63) is 64.0 Å². The summed E-state index contributed by atoms with van der Waals surface area (Å²) < 4.78 is 0.896. The molecule has 0 unspecified atom stereocenters. The zero-order chi connectivity index (χ0) is 19.7. The third-order valence-corrected chi connectivity index (χ3v) is 6.07. The lowest BCUT2D eigenvalue weighted by molar-refractivity contribution is -0.117. The van der Waals surface area contributed by atoms with Crippen LogP contribution >= 0.6 is 22.9 Å². The summed E-state index contributed by atoms with van der Waals surface area (Å²) >= 11 is 7.53. The van der Waals surface area contributed by atoms with Gasteiger partial charge in [-0.15, -0.1) is 11.3 Å². The maximum Gasteiger partial charge on any atom is 0.281 e. The largest absolute Gasteiger partial charge is 0.326 e.